The molecule has 0 saturated carbocycles. The monoisotopic (exact) mass is 623 g/mol. The SMILES string of the molecule is CCCCNC(=O)[C@H](C)N(Cc1c(Cl)cccc1Cl)C(=O)CN(c1ccccc1Cl)S(=O)(=O)c1ccc(C)cc1. The van der Waals surface area contributed by atoms with Crippen LogP contribution in [0.15, 0.2) is 71.6 Å². The molecule has 0 aromatic heterocycles. The number of hydrogen-bond acceptors (Lipinski definition) is 4. The Morgan fingerprint density at radius 2 is 1.50 bits per heavy atom. The van der Waals surface area contributed by atoms with Crippen LogP contribution in [0.1, 0.15) is 37.8 Å². The standard InChI is InChI=1S/C29H32Cl3N3O4S/c1-4-5-17-33-29(37)21(3)34(18-23-24(30)10-8-11-25(23)31)28(36)19-35(27-12-7-6-9-26(27)32)40(38,39)22-15-13-20(2)14-16-22/h6-16,21H,4-5,17-19H2,1-3H3,(H,33,37)/t21-/m0/s1. The van der Waals surface area contributed by atoms with E-state index in [2.05, 4.69) is 5.32 Å². The fourth-order valence-corrected chi connectivity index (χ4v) is 6.22. The summed E-state index contributed by atoms with van der Waals surface area (Å²) in [5, 5.41) is 3.62. The van der Waals surface area contributed by atoms with Gasteiger partial charge in [-0.15, -0.1) is 0 Å². The fourth-order valence-electron chi connectivity index (χ4n) is 3.98. The van der Waals surface area contributed by atoms with Crippen molar-refractivity contribution < 1.29 is 18.0 Å². The number of para-hydroxylation sites is 1. The number of nitrogens with zero attached hydrogens (tertiary/aromatic N) is 2. The quantitative estimate of drug-likeness (QED) is 0.234. The summed E-state index contributed by atoms with van der Waals surface area (Å²) in [5.41, 5.74) is 1.46. The third-order valence-corrected chi connectivity index (χ3v) is 9.20. The number of halogens is 3. The number of carbonyl (C=O) groups is 2. The highest BCUT2D eigenvalue weighted by molar-refractivity contribution is 7.92. The van der Waals surface area contributed by atoms with E-state index in [9.17, 15) is 18.0 Å². The van der Waals surface area contributed by atoms with Crippen LogP contribution in [-0.2, 0) is 26.2 Å². The molecule has 1 atom stereocenters. The molecule has 0 aliphatic carbocycles. The zero-order valence-electron chi connectivity index (χ0n) is 22.5. The van der Waals surface area contributed by atoms with E-state index in [1.54, 1.807) is 55.5 Å². The molecule has 3 rings (SSSR count). The van der Waals surface area contributed by atoms with Crippen molar-refractivity contribution in [2.45, 2.75) is 51.1 Å². The molecule has 2 amide bonds. The van der Waals surface area contributed by atoms with Crippen molar-refractivity contribution in [3.8, 4) is 0 Å². The Bertz CT molecular complexity index is 1430. The molecule has 0 bridgehead atoms. The second-order valence-electron chi connectivity index (χ2n) is 9.32. The number of sulfonamides is 1. The van der Waals surface area contributed by atoms with Crippen LogP contribution in [-0.4, -0.2) is 44.3 Å². The Balaban J connectivity index is 2.05. The van der Waals surface area contributed by atoms with Crippen molar-refractivity contribution in [1.29, 1.82) is 0 Å². The van der Waals surface area contributed by atoms with E-state index in [1.807, 2.05) is 13.8 Å². The minimum Gasteiger partial charge on any atom is -0.354 e. The summed E-state index contributed by atoms with van der Waals surface area (Å²) in [6, 6.07) is 16.7. The van der Waals surface area contributed by atoms with Gasteiger partial charge in [0.2, 0.25) is 11.8 Å². The molecular formula is C29H32Cl3N3O4S. The number of anilines is 1. The van der Waals surface area contributed by atoms with E-state index in [1.165, 1.54) is 23.1 Å². The van der Waals surface area contributed by atoms with Crippen LogP contribution in [0.4, 0.5) is 5.69 Å². The van der Waals surface area contributed by atoms with Gasteiger partial charge in [0.25, 0.3) is 10.0 Å². The molecular weight excluding hydrogens is 593 g/mol. The highest BCUT2D eigenvalue weighted by atomic mass is 35.5. The number of nitrogens with one attached hydrogen (secondary N) is 1. The topological polar surface area (TPSA) is 86.8 Å². The van der Waals surface area contributed by atoms with Crippen molar-refractivity contribution in [3.63, 3.8) is 0 Å². The Morgan fingerprint density at radius 1 is 0.900 bits per heavy atom. The predicted molar refractivity (Wildman–Crippen MR) is 162 cm³/mol. The smallest absolute Gasteiger partial charge is 0.264 e. The molecule has 3 aromatic carbocycles. The van der Waals surface area contributed by atoms with Crippen LogP contribution >= 0.6 is 34.8 Å². The van der Waals surface area contributed by atoms with Gasteiger partial charge in [0, 0.05) is 28.7 Å². The van der Waals surface area contributed by atoms with Crippen molar-refractivity contribution >= 4 is 62.3 Å². The van der Waals surface area contributed by atoms with Gasteiger partial charge in [-0.2, -0.15) is 0 Å². The first-order valence-electron chi connectivity index (χ1n) is 12.8. The zero-order chi connectivity index (χ0) is 29.4. The number of aryl methyl sites for hydroxylation is 1. The molecule has 0 heterocycles. The van der Waals surface area contributed by atoms with E-state index in [4.69, 9.17) is 34.8 Å². The first-order chi connectivity index (χ1) is 19.0. The molecule has 0 spiro atoms. The lowest BCUT2D eigenvalue weighted by atomic mass is 10.1. The van der Waals surface area contributed by atoms with Crippen LogP contribution in [0, 0.1) is 6.92 Å². The molecule has 0 fully saturated rings. The van der Waals surface area contributed by atoms with Gasteiger partial charge in [-0.3, -0.25) is 13.9 Å². The Hall–Kier alpha value is -2.78. The van der Waals surface area contributed by atoms with Gasteiger partial charge in [-0.25, -0.2) is 8.42 Å². The van der Waals surface area contributed by atoms with Crippen LogP contribution in [0.25, 0.3) is 0 Å². The Kier molecular flexibility index (Phi) is 11.3. The molecule has 0 aliphatic heterocycles. The highest BCUT2D eigenvalue weighted by Gasteiger charge is 2.33. The number of hydrogen-bond donors (Lipinski definition) is 1. The van der Waals surface area contributed by atoms with E-state index in [-0.39, 0.29) is 28.1 Å². The van der Waals surface area contributed by atoms with Crippen molar-refractivity contribution in [3.05, 3.63) is 92.9 Å². The highest BCUT2D eigenvalue weighted by Crippen LogP contribution is 2.31. The summed E-state index contributed by atoms with van der Waals surface area (Å²) >= 11 is 19.2. The molecule has 11 heteroatoms. The van der Waals surface area contributed by atoms with Crippen LogP contribution in [0.5, 0.6) is 0 Å². The largest absolute Gasteiger partial charge is 0.354 e. The number of carbonyl (C=O) groups excluding carboxylic acids is 2. The van der Waals surface area contributed by atoms with Gasteiger partial charge < -0.3 is 10.2 Å². The van der Waals surface area contributed by atoms with Gasteiger partial charge in [-0.05, 0) is 56.7 Å². The molecule has 40 heavy (non-hydrogen) atoms. The second kappa shape index (κ2) is 14.2. The zero-order valence-corrected chi connectivity index (χ0v) is 25.6. The van der Waals surface area contributed by atoms with Gasteiger partial charge in [-0.1, -0.05) is 84.0 Å². The van der Waals surface area contributed by atoms with E-state index < -0.39 is 28.5 Å². The van der Waals surface area contributed by atoms with Crippen molar-refractivity contribution in [2.24, 2.45) is 0 Å². The molecule has 1 N–H and O–H groups in total. The third kappa shape index (κ3) is 7.69. The van der Waals surface area contributed by atoms with Crippen molar-refractivity contribution in [2.75, 3.05) is 17.4 Å². The molecule has 0 radical (unpaired) electrons. The molecule has 7 nitrogen and oxygen atoms in total. The maximum Gasteiger partial charge on any atom is 0.264 e. The Morgan fingerprint density at radius 3 is 2.10 bits per heavy atom. The summed E-state index contributed by atoms with van der Waals surface area (Å²) in [5.74, 6) is -1.01. The van der Waals surface area contributed by atoms with Crippen molar-refractivity contribution in [1.82, 2.24) is 10.2 Å². The lowest BCUT2D eigenvalue weighted by molar-refractivity contribution is -0.139. The number of amides is 2. The molecule has 214 valence electrons. The van der Waals surface area contributed by atoms with Crippen LogP contribution < -0.4 is 9.62 Å². The third-order valence-electron chi connectivity index (χ3n) is 6.40. The van der Waals surface area contributed by atoms with Crippen LogP contribution in [0.2, 0.25) is 15.1 Å². The Labute approximate surface area is 251 Å². The van der Waals surface area contributed by atoms with E-state index in [0.717, 1.165) is 22.7 Å². The summed E-state index contributed by atoms with van der Waals surface area (Å²) in [7, 11) is -4.23. The normalized spacial score (nSPS) is 12.1. The lowest BCUT2D eigenvalue weighted by Gasteiger charge is -2.32. The second-order valence-corrected chi connectivity index (χ2v) is 12.4. The van der Waals surface area contributed by atoms with E-state index in [0.29, 0.717) is 22.2 Å². The average Bonchev–Trinajstić information content (AvgIpc) is 2.92. The minimum atomic E-state index is -4.23. The predicted octanol–water partition coefficient (Wildman–Crippen LogP) is 6.48. The first kappa shape index (κ1) is 31.7. The number of rotatable bonds is 12. The summed E-state index contributed by atoms with van der Waals surface area (Å²) < 4.78 is 28.7. The van der Waals surface area contributed by atoms with Gasteiger partial charge in [0.1, 0.15) is 12.6 Å². The molecule has 0 unspecified atom stereocenters. The maximum atomic E-state index is 14.0. The summed E-state index contributed by atoms with van der Waals surface area (Å²) in [6.07, 6.45) is 1.66. The van der Waals surface area contributed by atoms with Gasteiger partial charge in [0.05, 0.1) is 15.6 Å². The molecule has 0 aliphatic rings. The van der Waals surface area contributed by atoms with Crippen LogP contribution in [0.3, 0.4) is 0 Å². The molecule has 3 aromatic rings. The molecule has 0 saturated heterocycles. The van der Waals surface area contributed by atoms with Gasteiger partial charge >= 0.3 is 0 Å². The summed E-state index contributed by atoms with van der Waals surface area (Å²) in [4.78, 5) is 28.3. The minimum absolute atomic E-state index is 0.00289. The lowest BCUT2D eigenvalue weighted by Crippen LogP contribution is -2.51. The average molecular weight is 625 g/mol. The summed E-state index contributed by atoms with van der Waals surface area (Å²) in [6.45, 7) is 5.15. The van der Waals surface area contributed by atoms with E-state index >= 15 is 0 Å². The maximum absolute atomic E-state index is 14.0. The number of unbranched alkanes of at least 4 members (excludes halogenated alkanes) is 1. The first-order valence-corrected chi connectivity index (χ1v) is 15.4. The van der Waals surface area contributed by atoms with Gasteiger partial charge in [0.15, 0.2) is 0 Å². The fraction of sp³-hybridized carbons (Fsp3) is 0.310. The number of benzene rings is 3.